The fourth-order valence-corrected chi connectivity index (χ4v) is 2.89. The van der Waals surface area contributed by atoms with E-state index in [0.29, 0.717) is 6.42 Å². The van der Waals surface area contributed by atoms with E-state index in [-0.39, 0.29) is 0 Å². The minimum absolute atomic E-state index is 0.313. The van der Waals surface area contributed by atoms with Gasteiger partial charge in [0.05, 0.1) is 5.41 Å². The third-order valence-corrected chi connectivity index (χ3v) is 4.77. The number of carboxylic acids is 2. The zero-order valence-electron chi connectivity index (χ0n) is 15.8. The molecule has 0 radical (unpaired) electrons. The second kappa shape index (κ2) is 14.3. The number of carbonyl (C=O) groups is 2. The topological polar surface area (TPSA) is 74.6 Å². The molecule has 0 rings (SSSR count). The van der Waals surface area contributed by atoms with Crippen LogP contribution in [0, 0.1) is 5.41 Å². The number of carboxylic acid groups (broad SMARTS) is 2. The second-order valence-electron chi connectivity index (χ2n) is 7.68. The van der Waals surface area contributed by atoms with E-state index in [1.54, 1.807) is 0 Å². The van der Waals surface area contributed by atoms with Crippen molar-refractivity contribution >= 4 is 11.9 Å². The third-order valence-electron chi connectivity index (χ3n) is 4.77. The molecular formula is C20H38O4. The highest BCUT2D eigenvalue weighted by Gasteiger charge is 2.25. The van der Waals surface area contributed by atoms with Crippen LogP contribution in [0.15, 0.2) is 0 Å². The lowest BCUT2D eigenvalue weighted by atomic mass is 9.87. The molecule has 0 atom stereocenters. The maximum Gasteiger partial charge on any atom is 0.309 e. The summed E-state index contributed by atoms with van der Waals surface area (Å²) in [6.07, 6.45) is 16.5. The summed E-state index contributed by atoms with van der Waals surface area (Å²) in [4.78, 5) is 21.4. The summed E-state index contributed by atoms with van der Waals surface area (Å²) in [5, 5.41) is 17.6. The minimum Gasteiger partial charge on any atom is -0.481 e. The van der Waals surface area contributed by atoms with Crippen LogP contribution in [0.25, 0.3) is 0 Å². The van der Waals surface area contributed by atoms with E-state index in [1.165, 1.54) is 57.8 Å². The average Bonchev–Trinajstić information content (AvgIpc) is 2.50. The summed E-state index contributed by atoms with van der Waals surface area (Å²) in [5.41, 5.74) is -0.576. The molecule has 0 amide bonds. The van der Waals surface area contributed by atoms with Crippen LogP contribution in [-0.4, -0.2) is 22.2 Å². The molecule has 0 saturated carbocycles. The van der Waals surface area contributed by atoms with Crippen LogP contribution in [0.1, 0.15) is 110 Å². The van der Waals surface area contributed by atoms with Crippen LogP contribution < -0.4 is 0 Å². The van der Waals surface area contributed by atoms with Crippen molar-refractivity contribution in [2.75, 3.05) is 0 Å². The van der Waals surface area contributed by atoms with Gasteiger partial charge in [0.2, 0.25) is 0 Å². The Balaban J connectivity index is 3.18. The SMILES string of the molecule is CC(C)(CCCCCCCCCCCCCCCC(=O)O)C(=O)O. The molecule has 0 aliphatic carbocycles. The Morgan fingerprint density at radius 2 is 0.958 bits per heavy atom. The molecule has 4 nitrogen and oxygen atoms in total. The fraction of sp³-hybridized carbons (Fsp3) is 0.900. The van der Waals surface area contributed by atoms with E-state index in [0.717, 1.165) is 32.1 Å². The van der Waals surface area contributed by atoms with Gasteiger partial charge in [-0.2, -0.15) is 0 Å². The van der Waals surface area contributed by atoms with Gasteiger partial charge in [0, 0.05) is 6.42 Å². The van der Waals surface area contributed by atoms with Gasteiger partial charge < -0.3 is 10.2 Å². The highest BCUT2D eigenvalue weighted by atomic mass is 16.4. The van der Waals surface area contributed by atoms with E-state index >= 15 is 0 Å². The number of hydrogen-bond acceptors (Lipinski definition) is 2. The van der Waals surface area contributed by atoms with Crippen LogP contribution in [0.2, 0.25) is 0 Å². The van der Waals surface area contributed by atoms with Gasteiger partial charge in [-0.25, -0.2) is 0 Å². The summed E-state index contributed by atoms with van der Waals surface area (Å²) in [6, 6.07) is 0. The van der Waals surface area contributed by atoms with Crippen LogP contribution in [0.5, 0.6) is 0 Å². The van der Waals surface area contributed by atoms with Crippen LogP contribution in [0.4, 0.5) is 0 Å². The molecule has 24 heavy (non-hydrogen) atoms. The van der Waals surface area contributed by atoms with Crippen molar-refractivity contribution in [3.05, 3.63) is 0 Å². The molecule has 0 aliphatic heterocycles. The quantitative estimate of drug-likeness (QED) is 0.316. The van der Waals surface area contributed by atoms with E-state index in [9.17, 15) is 9.59 Å². The van der Waals surface area contributed by atoms with Gasteiger partial charge in [-0.1, -0.05) is 77.0 Å². The lowest BCUT2D eigenvalue weighted by Crippen LogP contribution is -2.23. The van der Waals surface area contributed by atoms with E-state index in [2.05, 4.69) is 0 Å². The molecule has 2 N–H and O–H groups in total. The maximum atomic E-state index is 11.0. The lowest BCUT2D eigenvalue weighted by molar-refractivity contribution is -0.147. The average molecular weight is 343 g/mol. The standard InChI is InChI=1S/C20H38O4/c1-20(2,19(23)24)17-15-13-11-9-7-5-3-4-6-8-10-12-14-16-18(21)22/h3-17H2,1-2H3,(H,21,22)(H,23,24). The molecule has 0 saturated heterocycles. The highest BCUT2D eigenvalue weighted by Crippen LogP contribution is 2.24. The Morgan fingerprint density at radius 1 is 0.625 bits per heavy atom. The second-order valence-corrected chi connectivity index (χ2v) is 7.68. The Hall–Kier alpha value is -1.06. The summed E-state index contributed by atoms with van der Waals surface area (Å²) in [6.45, 7) is 3.61. The number of aliphatic carboxylic acids is 2. The first-order valence-corrected chi connectivity index (χ1v) is 9.81. The van der Waals surface area contributed by atoms with Crippen molar-refractivity contribution in [3.63, 3.8) is 0 Å². The Morgan fingerprint density at radius 3 is 1.29 bits per heavy atom. The molecule has 0 fully saturated rings. The normalized spacial score (nSPS) is 11.6. The van der Waals surface area contributed by atoms with Crippen LogP contribution in [-0.2, 0) is 9.59 Å². The zero-order valence-corrected chi connectivity index (χ0v) is 15.8. The van der Waals surface area contributed by atoms with E-state index < -0.39 is 17.4 Å². The summed E-state index contributed by atoms with van der Waals surface area (Å²) in [5.74, 6) is -1.37. The van der Waals surface area contributed by atoms with Gasteiger partial charge >= 0.3 is 11.9 Å². The van der Waals surface area contributed by atoms with Crippen LogP contribution >= 0.6 is 0 Å². The number of hydrogen-bond donors (Lipinski definition) is 2. The van der Waals surface area contributed by atoms with Gasteiger partial charge in [-0.05, 0) is 26.7 Å². The first-order valence-electron chi connectivity index (χ1n) is 9.81. The number of rotatable bonds is 17. The minimum atomic E-state index is -0.690. The van der Waals surface area contributed by atoms with Gasteiger partial charge in [0.25, 0.3) is 0 Å². The van der Waals surface area contributed by atoms with Crippen molar-refractivity contribution in [2.24, 2.45) is 5.41 Å². The van der Waals surface area contributed by atoms with Crippen molar-refractivity contribution in [2.45, 2.75) is 110 Å². The molecule has 4 heteroatoms. The Labute approximate surface area is 148 Å². The molecule has 0 aromatic carbocycles. The van der Waals surface area contributed by atoms with Crippen molar-refractivity contribution in [3.8, 4) is 0 Å². The first kappa shape index (κ1) is 22.9. The predicted octanol–water partition coefficient (Wildman–Crippen LogP) is 6.03. The Bertz CT molecular complexity index is 337. The van der Waals surface area contributed by atoms with E-state index in [1.807, 2.05) is 13.8 Å². The van der Waals surface area contributed by atoms with E-state index in [4.69, 9.17) is 10.2 Å². The summed E-state index contributed by atoms with van der Waals surface area (Å²) < 4.78 is 0. The zero-order chi connectivity index (χ0) is 18.3. The highest BCUT2D eigenvalue weighted by molar-refractivity contribution is 5.73. The molecular weight excluding hydrogens is 304 g/mol. The van der Waals surface area contributed by atoms with Gasteiger partial charge in [0.1, 0.15) is 0 Å². The summed E-state index contributed by atoms with van der Waals surface area (Å²) in [7, 11) is 0. The predicted molar refractivity (Wildman–Crippen MR) is 98.3 cm³/mol. The molecule has 0 bridgehead atoms. The van der Waals surface area contributed by atoms with Gasteiger partial charge in [-0.3, -0.25) is 9.59 Å². The number of unbranched alkanes of at least 4 members (excludes halogenated alkanes) is 12. The molecule has 0 spiro atoms. The molecule has 142 valence electrons. The van der Waals surface area contributed by atoms with Crippen molar-refractivity contribution < 1.29 is 19.8 Å². The van der Waals surface area contributed by atoms with Crippen molar-refractivity contribution in [1.82, 2.24) is 0 Å². The molecule has 0 aromatic rings. The van der Waals surface area contributed by atoms with Gasteiger partial charge in [0.15, 0.2) is 0 Å². The lowest BCUT2D eigenvalue weighted by Gasteiger charge is -2.18. The summed E-state index contributed by atoms with van der Waals surface area (Å²) >= 11 is 0. The van der Waals surface area contributed by atoms with Gasteiger partial charge in [-0.15, -0.1) is 0 Å². The Kier molecular flexibility index (Phi) is 13.7. The monoisotopic (exact) mass is 342 g/mol. The molecule has 0 aromatic heterocycles. The third kappa shape index (κ3) is 14.5. The van der Waals surface area contributed by atoms with Crippen molar-refractivity contribution in [1.29, 1.82) is 0 Å². The molecule has 0 aliphatic rings. The first-order chi connectivity index (χ1) is 11.4. The fourth-order valence-electron chi connectivity index (χ4n) is 2.89. The largest absolute Gasteiger partial charge is 0.481 e. The van der Waals surface area contributed by atoms with Crippen LogP contribution in [0.3, 0.4) is 0 Å². The maximum absolute atomic E-state index is 11.0. The smallest absolute Gasteiger partial charge is 0.309 e. The molecule has 0 unspecified atom stereocenters. The molecule has 0 heterocycles.